The summed E-state index contributed by atoms with van der Waals surface area (Å²) in [4.78, 5) is 25.1. The molecule has 0 aromatic heterocycles. The molecule has 1 aliphatic rings. The van der Waals surface area contributed by atoms with Crippen molar-refractivity contribution >= 4 is 68.4 Å². The maximum absolute atomic E-state index is 12.5. The van der Waals surface area contributed by atoms with Gasteiger partial charge in [-0.05, 0) is 107 Å². The molecule has 6 heteroatoms. The van der Waals surface area contributed by atoms with Crippen LogP contribution in [0.15, 0.2) is 48.6 Å². The van der Waals surface area contributed by atoms with Crippen molar-refractivity contribution < 1.29 is 9.59 Å². The molecule has 0 aliphatic heterocycles. The fraction of sp³-hybridized carbons (Fsp3) is 0.200. The smallest absolute Gasteiger partial charge is 0.232 e. The zero-order valence-corrected chi connectivity index (χ0v) is 18.7. The molecule has 2 atom stereocenters. The van der Waals surface area contributed by atoms with Crippen LogP contribution in [0, 0.1) is 32.8 Å². The highest BCUT2D eigenvalue weighted by Crippen LogP contribution is 2.46. The molecule has 1 aliphatic carbocycles. The highest BCUT2D eigenvalue weighted by atomic mass is 127. The van der Waals surface area contributed by atoms with Crippen molar-refractivity contribution in [2.24, 2.45) is 11.8 Å². The number of hydrogen-bond acceptors (Lipinski definition) is 2. The van der Waals surface area contributed by atoms with E-state index >= 15 is 0 Å². The van der Waals surface area contributed by atoms with Gasteiger partial charge in [0.1, 0.15) is 0 Å². The number of benzene rings is 2. The molecule has 1 fully saturated rings. The summed E-state index contributed by atoms with van der Waals surface area (Å²) < 4.78 is 2.22. The van der Waals surface area contributed by atoms with Gasteiger partial charge in [0.15, 0.2) is 0 Å². The van der Waals surface area contributed by atoms with E-state index in [1.807, 2.05) is 50.2 Å². The van der Waals surface area contributed by atoms with E-state index < -0.39 is 11.8 Å². The molecule has 0 bridgehead atoms. The second-order valence-electron chi connectivity index (χ2n) is 6.43. The van der Waals surface area contributed by atoms with E-state index in [1.54, 1.807) is 0 Å². The molecule has 2 aromatic rings. The average molecular weight is 572 g/mol. The van der Waals surface area contributed by atoms with Gasteiger partial charge in [-0.15, -0.1) is 0 Å². The average Bonchev–Trinajstić information content (AvgIpc) is 3.24. The molecule has 0 spiro atoms. The third-order valence-corrected chi connectivity index (χ3v) is 5.82. The van der Waals surface area contributed by atoms with Crippen LogP contribution in [0.3, 0.4) is 0 Å². The number of hydrogen-bond donors (Lipinski definition) is 2. The maximum atomic E-state index is 12.5. The first kappa shape index (κ1) is 19.3. The van der Waals surface area contributed by atoms with Gasteiger partial charge < -0.3 is 10.6 Å². The van der Waals surface area contributed by atoms with Crippen LogP contribution in [0.5, 0.6) is 0 Å². The van der Waals surface area contributed by atoms with Gasteiger partial charge in [0.2, 0.25) is 11.8 Å². The number of halogens is 2. The Hall–Kier alpha value is -1.42. The molecule has 0 saturated heterocycles. The van der Waals surface area contributed by atoms with Crippen molar-refractivity contribution in [3.05, 3.63) is 66.8 Å². The lowest BCUT2D eigenvalue weighted by atomic mass is 10.2. The predicted molar refractivity (Wildman–Crippen MR) is 121 cm³/mol. The molecule has 4 nitrogen and oxygen atoms in total. The van der Waals surface area contributed by atoms with Crippen LogP contribution >= 0.6 is 45.2 Å². The van der Waals surface area contributed by atoms with Crippen molar-refractivity contribution in [2.75, 3.05) is 10.6 Å². The molecule has 2 N–H and O–H groups in total. The molecule has 0 radical (unpaired) electrons. The maximum Gasteiger partial charge on any atom is 0.232 e. The summed E-state index contributed by atoms with van der Waals surface area (Å²) in [6, 6.07) is 11.6. The Balaban J connectivity index is 1.66. The lowest BCUT2D eigenvalue weighted by Gasteiger charge is -2.10. The van der Waals surface area contributed by atoms with Crippen molar-refractivity contribution in [1.29, 1.82) is 0 Å². The fourth-order valence-electron chi connectivity index (χ4n) is 2.91. The van der Waals surface area contributed by atoms with Gasteiger partial charge in [-0.3, -0.25) is 9.59 Å². The zero-order valence-electron chi connectivity index (χ0n) is 14.4. The first-order chi connectivity index (χ1) is 12.3. The lowest BCUT2D eigenvalue weighted by molar-refractivity contribution is -0.122. The second kappa shape index (κ2) is 7.67. The standard InChI is InChI=1S/C20H18I2N2O2/c1-10-8-13(21)4-6-15(10)23-19(25)17-12(3)18(17)20(26)24-16-7-5-14(22)9-11(16)2/h4-9,17-18H,3H2,1-2H3,(H,23,25)(H,24,26)/t17-,18-/m0/s1. The minimum atomic E-state index is -0.474. The Bertz CT molecular complexity index is 851. The van der Waals surface area contributed by atoms with Crippen LogP contribution in [0.1, 0.15) is 11.1 Å². The fourth-order valence-corrected chi connectivity index (χ4v) is 4.20. The van der Waals surface area contributed by atoms with Gasteiger partial charge in [-0.25, -0.2) is 0 Å². The van der Waals surface area contributed by atoms with Gasteiger partial charge in [-0.1, -0.05) is 12.2 Å². The number of anilines is 2. The molecule has 2 amide bonds. The number of aryl methyl sites for hydroxylation is 2. The van der Waals surface area contributed by atoms with Crippen LogP contribution in [0.2, 0.25) is 0 Å². The Morgan fingerprint density at radius 2 is 1.23 bits per heavy atom. The van der Waals surface area contributed by atoms with Crippen LogP contribution in [0.4, 0.5) is 11.4 Å². The van der Waals surface area contributed by atoms with E-state index in [0.717, 1.165) is 29.6 Å². The minimum absolute atomic E-state index is 0.182. The third-order valence-electron chi connectivity index (χ3n) is 4.48. The van der Waals surface area contributed by atoms with Crippen LogP contribution in [0.25, 0.3) is 0 Å². The molecular formula is C20H18I2N2O2. The van der Waals surface area contributed by atoms with Gasteiger partial charge in [0, 0.05) is 18.5 Å². The summed E-state index contributed by atoms with van der Waals surface area (Å²) in [5, 5.41) is 5.83. The summed E-state index contributed by atoms with van der Waals surface area (Å²) in [6.45, 7) is 7.80. The Morgan fingerprint density at radius 3 is 1.58 bits per heavy atom. The van der Waals surface area contributed by atoms with E-state index in [-0.39, 0.29) is 11.8 Å². The van der Waals surface area contributed by atoms with Crippen molar-refractivity contribution in [3.8, 4) is 0 Å². The Kier molecular flexibility index (Phi) is 5.71. The molecule has 0 heterocycles. The van der Waals surface area contributed by atoms with Gasteiger partial charge in [-0.2, -0.15) is 0 Å². The van der Waals surface area contributed by atoms with Crippen molar-refractivity contribution in [2.45, 2.75) is 13.8 Å². The van der Waals surface area contributed by atoms with Gasteiger partial charge in [0.25, 0.3) is 0 Å². The Labute approximate surface area is 180 Å². The number of rotatable bonds is 4. The Morgan fingerprint density at radius 1 is 0.846 bits per heavy atom. The first-order valence-corrected chi connectivity index (χ1v) is 10.3. The summed E-state index contributed by atoms with van der Waals surface area (Å²) in [7, 11) is 0. The highest BCUT2D eigenvalue weighted by Gasteiger charge is 2.52. The zero-order chi connectivity index (χ0) is 19.0. The molecule has 2 aromatic carbocycles. The number of amides is 2. The van der Waals surface area contributed by atoms with Gasteiger partial charge in [0.05, 0.1) is 11.8 Å². The number of carbonyl (C=O) groups excluding carboxylic acids is 2. The van der Waals surface area contributed by atoms with E-state index in [4.69, 9.17) is 0 Å². The van der Waals surface area contributed by atoms with E-state index in [1.165, 1.54) is 0 Å². The minimum Gasteiger partial charge on any atom is -0.325 e. The molecule has 3 rings (SSSR count). The SMILES string of the molecule is C=C1[C@H](C(=O)Nc2ccc(I)cc2C)[C@H]1C(=O)Nc1ccc(I)cc1C. The summed E-state index contributed by atoms with van der Waals surface area (Å²) in [5.74, 6) is -1.31. The first-order valence-electron chi connectivity index (χ1n) is 8.10. The summed E-state index contributed by atoms with van der Waals surface area (Å²) in [5.41, 5.74) is 4.18. The summed E-state index contributed by atoms with van der Waals surface area (Å²) in [6.07, 6.45) is 0. The van der Waals surface area contributed by atoms with E-state index in [0.29, 0.717) is 5.57 Å². The largest absolute Gasteiger partial charge is 0.325 e. The second-order valence-corrected chi connectivity index (χ2v) is 8.92. The highest BCUT2D eigenvalue weighted by molar-refractivity contribution is 14.1. The molecule has 26 heavy (non-hydrogen) atoms. The molecule has 1 saturated carbocycles. The third kappa shape index (κ3) is 4.11. The normalized spacial score (nSPS) is 18.4. The van der Waals surface area contributed by atoms with Crippen molar-refractivity contribution in [1.82, 2.24) is 0 Å². The molecular weight excluding hydrogens is 554 g/mol. The quantitative estimate of drug-likeness (QED) is 0.405. The van der Waals surface area contributed by atoms with Crippen LogP contribution in [-0.4, -0.2) is 11.8 Å². The van der Waals surface area contributed by atoms with E-state index in [2.05, 4.69) is 62.4 Å². The monoisotopic (exact) mass is 572 g/mol. The molecule has 134 valence electrons. The lowest BCUT2D eigenvalue weighted by Crippen LogP contribution is -2.21. The number of nitrogens with one attached hydrogen (secondary N) is 2. The van der Waals surface area contributed by atoms with Crippen LogP contribution in [-0.2, 0) is 9.59 Å². The topological polar surface area (TPSA) is 58.2 Å². The van der Waals surface area contributed by atoms with E-state index in [9.17, 15) is 9.59 Å². The predicted octanol–water partition coefficient (Wildman–Crippen LogP) is 4.89. The van der Waals surface area contributed by atoms with Crippen molar-refractivity contribution in [3.63, 3.8) is 0 Å². The summed E-state index contributed by atoms with van der Waals surface area (Å²) >= 11 is 4.46. The number of carbonyl (C=O) groups is 2. The van der Waals surface area contributed by atoms with Gasteiger partial charge >= 0.3 is 0 Å². The van der Waals surface area contributed by atoms with Crippen LogP contribution < -0.4 is 10.6 Å². The molecule has 0 unspecified atom stereocenters.